The summed E-state index contributed by atoms with van der Waals surface area (Å²) in [7, 11) is 1.57. The molecule has 0 aliphatic carbocycles. The van der Waals surface area contributed by atoms with Gasteiger partial charge in [0.15, 0.2) is 11.5 Å². The lowest BCUT2D eigenvalue weighted by atomic mass is 10.2. The zero-order valence-electron chi connectivity index (χ0n) is 15.4. The molecule has 7 nitrogen and oxygen atoms in total. The van der Waals surface area contributed by atoms with Crippen molar-refractivity contribution in [3.63, 3.8) is 0 Å². The van der Waals surface area contributed by atoms with E-state index in [0.29, 0.717) is 38.7 Å². The molecule has 0 bridgehead atoms. The van der Waals surface area contributed by atoms with E-state index in [9.17, 15) is 9.59 Å². The lowest BCUT2D eigenvalue weighted by molar-refractivity contribution is 0.0531. The average Bonchev–Trinajstić information content (AvgIpc) is 3.01. The summed E-state index contributed by atoms with van der Waals surface area (Å²) in [6.45, 7) is 4.37. The quantitative estimate of drug-likeness (QED) is 0.579. The molecule has 8 heteroatoms. The van der Waals surface area contributed by atoms with Crippen LogP contribution in [0.3, 0.4) is 0 Å². The van der Waals surface area contributed by atoms with Gasteiger partial charge in [0.05, 0.1) is 32.0 Å². The summed E-state index contributed by atoms with van der Waals surface area (Å²) in [5.41, 5.74) is 0.402. The van der Waals surface area contributed by atoms with Crippen LogP contribution < -0.4 is 15.0 Å². The third-order valence-corrected chi connectivity index (χ3v) is 5.22. The Kier molecular flexibility index (Phi) is 5.75. The van der Waals surface area contributed by atoms with Crippen LogP contribution in [0.15, 0.2) is 35.4 Å². The minimum Gasteiger partial charge on any atom is -0.493 e. The maximum Gasteiger partial charge on any atom is 0.348 e. The summed E-state index contributed by atoms with van der Waals surface area (Å²) in [6.07, 6.45) is 1.47. The van der Waals surface area contributed by atoms with Crippen LogP contribution in [-0.4, -0.2) is 35.8 Å². The first-order valence-corrected chi connectivity index (χ1v) is 9.30. The zero-order valence-corrected chi connectivity index (χ0v) is 16.2. The zero-order chi connectivity index (χ0) is 19.4. The number of thiophene rings is 1. The predicted molar refractivity (Wildman–Crippen MR) is 103 cm³/mol. The molecule has 0 aliphatic heterocycles. The van der Waals surface area contributed by atoms with Crippen molar-refractivity contribution in [3.8, 4) is 11.5 Å². The van der Waals surface area contributed by atoms with Gasteiger partial charge in [-0.15, -0.1) is 11.3 Å². The number of nitrogens with zero attached hydrogens (tertiary/aromatic N) is 2. The molecule has 0 radical (unpaired) electrons. The van der Waals surface area contributed by atoms with Crippen LogP contribution in [0.5, 0.6) is 11.5 Å². The van der Waals surface area contributed by atoms with Crippen molar-refractivity contribution in [2.24, 2.45) is 0 Å². The Labute approximate surface area is 160 Å². The van der Waals surface area contributed by atoms with E-state index in [1.165, 1.54) is 22.2 Å². The Bertz CT molecular complexity index is 1020. The molecule has 142 valence electrons. The summed E-state index contributed by atoms with van der Waals surface area (Å²) in [6, 6.07) is 7.32. The summed E-state index contributed by atoms with van der Waals surface area (Å²) in [5, 5.41) is 0.447. The highest BCUT2D eigenvalue weighted by molar-refractivity contribution is 7.20. The van der Waals surface area contributed by atoms with Crippen LogP contribution in [0, 0.1) is 6.92 Å². The lowest BCUT2D eigenvalue weighted by Gasteiger charge is -2.11. The highest BCUT2D eigenvalue weighted by Crippen LogP contribution is 2.28. The monoisotopic (exact) mass is 388 g/mol. The number of aryl methyl sites for hydroxylation is 1. The van der Waals surface area contributed by atoms with Crippen LogP contribution in [0.4, 0.5) is 0 Å². The highest BCUT2D eigenvalue weighted by Gasteiger charge is 2.20. The summed E-state index contributed by atoms with van der Waals surface area (Å²) < 4.78 is 17.5. The number of carbonyl (C=O) groups excluding carboxylic acids is 1. The first-order chi connectivity index (χ1) is 13.1. The predicted octanol–water partition coefficient (Wildman–Crippen LogP) is 3.03. The Morgan fingerprint density at radius 1 is 1.26 bits per heavy atom. The number of ether oxygens (including phenoxy) is 3. The van der Waals surface area contributed by atoms with E-state index in [1.807, 2.05) is 12.1 Å². The number of benzene rings is 1. The van der Waals surface area contributed by atoms with Gasteiger partial charge in [-0.2, -0.15) is 0 Å². The molecule has 0 amide bonds. The van der Waals surface area contributed by atoms with Gasteiger partial charge in [-0.3, -0.25) is 9.36 Å². The first-order valence-electron chi connectivity index (χ1n) is 8.48. The van der Waals surface area contributed by atoms with E-state index in [1.54, 1.807) is 33.1 Å². The number of fused-ring (bicyclic) bond motifs is 1. The fourth-order valence-electron chi connectivity index (χ4n) is 2.70. The van der Waals surface area contributed by atoms with Crippen molar-refractivity contribution in [1.82, 2.24) is 9.55 Å². The van der Waals surface area contributed by atoms with Gasteiger partial charge >= 0.3 is 5.97 Å². The molecule has 0 N–H and O–H groups in total. The van der Waals surface area contributed by atoms with Crippen LogP contribution in [-0.2, 0) is 11.3 Å². The summed E-state index contributed by atoms with van der Waals surface area (Å²) in [4.78, 5) is 30.1. The third kappa shape index (κ3) is 3.80. The summed E-state index contributed by atoms with van der Waals surface area (Å²) >= 11 is 1.17. The molecule has 0 saturated carbocycles. The normalized spacial score (nSPS) is 10.8. The molecule has 2 heterocycles. The van der Waals surface area contributed by atoms with E-state index in [-0.39, 0.29) is 18.8 Å². The second-order valence-corrected chi connectivity index (χ2v) is 6.70. The molecule has 0 fully saturated rings. The van der Waals surface area contributed by atoms with Gasteiger partial charge in [0.1, 0.15) is 16.3 Å². The van der Waals surface area contributed by atoms with Gasteiger partial charge in [-0.05, 0) is 31.5 Å². The number of hydrogen-bond donors (Lipinski definition) is 0. The van der Waals surface area contributed by atoms with E-state index in [4.69, 9.17) is 14.2 Å². The van der Waals surface area contributed by atoms with Crippen molar-refractivity contribution in [3.05, 3.63) is 51.4 Å². The standard InChI is InChI=1S/C19H20N2O5S/c1-4-25-19(23)16-12(2)15-17(27-16)20-11-21(18(15)22)9-10-26-14-8-6-5-7-13(14)24-3/h5-8,11H,4,9-10H2,1-3H3. The van der Waals surface area contributed by atoms with Crippen LogP contribution in [0.1, 0.15) is 22.2 Å². The molecule has 0 spiro atoms. The maximum absolute atomic E-state index is 12.8. The number of rotatable bonds is 7. The Hall–Kier alpha value is -2.87. The van der Waals surface area contributed by atoms with E-state index < -0.39 is 5.97 Å². The SMILES string of the molecule is CCOC(=O)c1sc2ncn(CCOc3ccccc3OC)c(=O)c2c1C. The number of carbonyl (C=O) groups is 1. The van der Waals surface area contributed by atoms with Crippen molar-refractivity contribution in [2.45, 2.75) is 20.4 Å². The minimum absolute atomic E-state index is 0.201. The third-order valence-electron chi connectivity index (χ3n) is 4.04. The smallest absolute Gasteiger partial charge is 0.348 e. The molecule has 0 saturated heterocycles. The molecule has 3 rings (SSSR count). The van der Waals surface area contributed by atoms with Gasteiger partial charge in [-0.1, -0.05) is 12.1 Å². The fraction of sp³-hybridized carbons (Fsp3) is 0.316. The molecule has 27 heavy (non-hydrogen) atoms. The second-order valence-electron chi connectivity index (χ2n) is 5.70. The van der Waals surface area contributed by atoms with E-state index >= 15 is 0 Å². The molecule has 3 aromatic rings. The molecule has 0 aliphatic rings. The molecule has 0 unspecified atom stereocenters. The molecule has 2 aromatic heterocycles. The van der Waals surface area contributed by atoms with Gasteiger partial charge in [-0.25, -0.2) is 9.78 Å². The second kappa shape index (κ2) is 8.22. The number of esters is 1. The molecular formula is C19H20N2O5S. The average molecular weight is 388 g/mol. The Morgan fingerprint density at radius 2 is 2.00 bits per heavy atom. The summed E-state index contributed by atoms with van der Waals surface area (Å²) in [5.74, 6) is 0.813. The van der Waals surface area contributed by atoms with Gasteiger partial charge in [0.2, 0.25) is 0 Å². The fourth-order valence-corrected chi connectivity index (χ4v) is 3.73. The van der Waals surface area contributed by atoms with Crippen molar-refractivity contribution in [2.75, 3.05) is 20.3 Å². The number of para-hydroxylation sites is 2. The molecular weight excluding hydrogens is 368 g/mol. The number of methoxy groups -OCH3 is 1. The topological polar surface area (TPSA) is 79.7 Å². The maximum atomic E-state index is 12.8. The minimum atomic E-state index is -0.427. The van der Waals surface area contributed by atoms with Gasteiger partial charge in [0.25, 0.3) is 5.56 Å². The van der Waals surface area contributed by atoms with Crippen LogP contribution >= 0.6 is 11.3 Å². The first kappa shape index (κ1) is 18.9. The van der Waals surface area contributed by atoms with E-state index in [2.05, 4.69) is 4.98 Å². The Balaban J connectivity index is 1.81. The van der Waals surface area contributed by atoms with Crippen molar-refractivity contribution in [1.29, 1.82) is 0 Å². The van der Waals surface area contributed by atoms with E-state index in [0.717, 1.165) is 0 Å². The number of hydrogen-bond acceptors (Lipinski definition) is 7. The molecule has 0 atom stereocenters. The van der Waals surface area contributed by atoms with Crippen molar-refractivity contribution >= 4 is 27.5 Å². The van der Waals surface area contributed by atoms with Gasteiger partial charge < -0.3 is 14.2 Å². The highest BCUT2D eigenvalue weighted by atomic mass is 32.1. The Morgan fingerprint density at radius 3 is 2.70 bits per heavy atom. The number of aromatic nitrogens is 2. The lowest BCUT2D eigenvalue weighted by Crippen LogP contribution is -2.23. The van der Waals surface area contributed by atoms with Crippen LogP contribution in [0.2, 0.25) is 0 Å². The largest absolute Gasteiger partial charge is 0.493 e. The van der Waals surface area contributed by atoms with Gasteiger partial charge in [0, 0.05) is 0 Å². The van der Waals surface area contributed by atoms with Crippen molar-refractivity contribution < 1.29 is 19.0 Å². The molecule has 1 aromatic carbocycles. The van der Waals surface area contributed by atoms with Crippen LogP contribution in [0.25, 0.3) is 10.2 Å².